The number of amides is 1. The fourth-order valence-electron chi connectivity index (χ4n) is 6.06. The van der Waals surface area contributed by atoms with Crippen LogP contribution in [0.25, 0.3) is 0 Å². The predicted octanol–water partition coefficient (Wildman–Crippen LogP) is 1.79. The van der Waals surface area contributed by atoms with E-state index < -0.39 is 47.1 Å². The van der Waals surface area contributed by atoms with Crippen LogP contribution < -0.4 is 9.47 Å². The number of hydrogen-bond donors (Lipinski definition) is 2. The highest BCUT2D eigenvalue weighted by Crippen LogP contribution is 2.57. The summed E-state index contributed by atoms with van der Waals surface area (Å²) in [4.78, 5) is 41.1. The lowest BCUT2D eigenvalue weighted by Gasteiger charge is -2.45. The first kappa shape index (κ1) is 26.3. The molecule has 11 heteroatoms. The summed E-state index contributed by atoms with van der Waals surface area (Å²) in [6.45, 7) is 3.64. The number of aliphatic hydroxyl groups is 2. The molecule has 0 radical (unpaired) electrons. The molecule has 1 aliphatic carbocycles. The number of carbonyl (C=O) groups excluding carboxylic acids is 3. The van der Waals surface area contributed by atoms with Crippen LogP contribution in [0.15, 0.2) is 24.0 Å². The molecule has 1 fully saturated rings. The van der Waals surface area contributed by atoms with Crippen LogP contribution in [-0.4, -0.2) is 83.4 Å². The minimum Gasteiger partial charge on any atom is -0.497 e. The molecule has 0 saturated carbocycles. The molecule has 4 aliphatic rings. The topological polar surface area (TPSA) is 141 Å². The lowest BCUT2D eigenvalue weighted by Crippen LogP contribution is -2.55. The van der Waals surface area contributed by atoms with Gasteiger partial charge < -0.3 is 38.8 Å². The van der Waals surface area contributed by atoms with Crippen molar-refractivity contribution < 1.29 is 48.3 Å². The van der Waals surface area contributed by atoms with E-state index in [1.165, 1.54) is 21.0 Å². The highest BCUT2D eigenvalue weighted by molar-refractivity contribution is 6.00. The van der Waals surface area contributed by atoms with Crippen LogP contribution in [0.2, 0.25) is 0 Å². The van der Waals surface area contributed by atoms with E-state index in [9.17, 15) is 24.6 Å². The van der Waals surface area contributed by atoms with Crippen molar-refractivity contribution in [3.8, 4) is 11.5 Å². The third-order valence-electron chi connectivity index (χ3n) is 8.00. The van der Waals surface area contributed by atoms with Gasteiger partial charge in [0, 0.05) is 12.1 Å². The van der Waals surface area contributed by atoms with Gasteiger partial charge in [0.05, 0.1) is 37.7 Å². The number of fused-ring (bicyclic) bond motifs is 3. The van der Waals surface area contributed by atoms with Gasteiger partial charge in [0.2, 0.25) is 6.79 Å². The Morgan fingerprint density at radius 2 is 1.87 bits per heavy atom. The number of hydrogen-bond acceptors (Lipinski definition) is 10. The van der Waals surface area contributed by atoms with Crippen molar-refractivity contribution in [1.82, 2.24) is 4.90 Å². The number of ether oxygens (including phenoxy) is 5. The molecule has 1 spiro atoms. The Hall–Kier alpha value is -3.31. The van der Waals surface area contributed by atoms with E-state index in [-0.39, 0.29) is 25.5 Å². The van der Waals surface area contributed by atoms with Crippen molar-refractivity contribution in [2.45, 2.75) is 74.7 Å². The molecule has 1 aromatic rings. The van der Waals surface area contributed by atoms with Crippen LogP contribution in [0, 0.1) is 0 Å². The molecule has 1 saturated heterocycles. The predicted molar refractivity (Wildman–Crippen MR) is 130 cm³/mol. The quantitative estimate of drug-likeness (QED) is 0.477. The van der Waals surface area contributed by atoms with Gasteiger partial charge in [-0.05, 0) is 63.3 Å². The van der Waals surface area contributed by atoms with Gasteiger partial charge in [-0.25, -0.2) is 4.79 Å². The Bertz CT molecular complexity index is 1200. The minimum atomic E-state index is -2.25. The molecule has 0 aromatic heterocycles. The second kappa shape index (κ2) is 9.16. The number of esters is 2. The summed E-state index contributed by atoms with van der Waals surface area (Å²) in [6, 6.07) is 3.41. The second-order valence-corrected chi connectivity index (χ2v) is 11.0. The first-order chi connectivity index (χ1) is 17.9. The zero-order chi connectivity index (χ0) is 27.5. The molecule has 1 amide bonds. The highest BCUT2D eigenvalue weighted by atomic mass is 16.7. The van der Waals surface area contributed by atoms with E-state index in [0.717, 1.165) is 13.5 Å². The summed E-state index contributed by atoms with van der Waals surface area (Å²) in [5, 5.41) is 21.6. The summed E-state index contributed by atoms with van der Waals surface area (Å²) < 4.78 is 27.5. The monoisotopic (exact) mass is 531 g/mol. The standard InChI is InChI=1S/C27H33NO10/c1-25(2,32)7-8-27(33,13-20(29)35-4)24(31)38-22-19(34-3)12-26-6-5-9-28(26)23(30)16-11-18-17(36-14-37-18)10-15(16)21(22)26/h10-12,21-22,32-33H,5-9,13-14H2,1-4H3/t21-,22-,26+,27-/m1/s1. The Morgan fingerprint density at radius 3 is 2.53 bits per heavy atom. The first-order valence-electron chi connectivity index (χ1n) is 12.7. The first-order valence-corrected chi connectivity index (χ1v) is 12.7. The maximum absolute atomic E-state index is 13.6. The van der Waals surface area contributed by atoms with Crippen molar-refractivity contribution in [2.75, 3.05) is 27.6 Å². The molecular formula is C27H33NO10. The van der Waals surface area contributed by atoms with Gasteiger partial charge >= 0.3 is 11.9 Å². The lowest BCUT2D eigenvalue weighted by atomic mass is 9.73. The van der Waals surface area contributed by atoms with Gasteiger partial charge in [0.25, 0.3) is 5.91 Å². The smallest absolute Gasteiger partial charge is 0.339 e. The van der Waals surface area contributed by atoms with Crippen molar-refractivity contribution >= 4 is 17.8 Å². The number of carbonyl (C=O) groups is 3. The molecule has 11 nitrogen and oxygen atoms in total. The van der Waals surface area contributed by atoms with E-state index in [4.69, 9.17) is 23.7 Å². The van der Waals surface area contributed by atoms with Crippen molar-refractivity contribution in [2.24, 2.45) is 0 Å². The average Bonchev–Trinajstić information content (AvgIpc) is 3.58. The SMILES string of the molecule is COC(=O)C[C@](O)(CCC(C)(C)O)C(=O)O[C@@H]1C(OC)=C[C@]23CCCN2C(=O)c2cc4c(cc2[C@H]13)OCO4. The van der Waals surface area contributed by atoms with Gasteiger partial charge in [0.1, 0.15) is 5.76 Å². The van der Waals surface area contributed by atoms with E-state index >= 15 is 0 Å². The summed E-state index contributed by atoms with van der Waals surface area (Å²) in [5.41, 5.74) is -3.18. The maximum atomic E-state index is 13.6. The number of benzene rings is 1. The summed E-state index contributed by atoms with van der Waals surface area (Å²) in [5.74, 6) is -1.23. The summed E-state index contributed by atoms with van der Waals surface area (Å²) in [7, 11) is 2.61. The van der Waals surface area contributed by atoms with Crippen molar-refractivity contribution in [3.63, 3.8) is 0 Å². The fourth-order valence-corrected chi connectivity index (χ4v) is 6.06. The van der Waals surface area contributed by atoms with Crippen LogP contribution >= 0.6 is 0 Å². The maximum Gasteiger partial charge on any atom is 0.339 e. The molecule has 4 atom stereocenters. The lowest BCUT2D eigenvalue weighted by molar-refractivity contribution is -0.179. The van der Waals surface area contributed by atoms with Crippen LogP contribution in [0.1, 0.15) is 67.8 Å². The van der Waals surface area contributed by atoms with Crippen molar-refractivity contribution in [3.05, 3.63) is 35.1 Å². The van der Waals surface area contributed by atoms with Gasteiger partial charge in [-0.3, -0.25) is 9.59 Å². The largest absolute Gasteiger partial charge is 0.497 e. The highest BCUT2D eigenvalue weighted by Gasteiger charge is 2.62. The number of nitrogens with zero attached hydrogens (tertiary/aromatic N) is 1. The van der Waals surface area contributed by atoms with Crippen LogP contribution in [0.4, 0.5) is 0 Å². The van der Waals surface area contributed by atoms with E-state index in [0.29, 0.717) is 41.4 Å². The van der Waals surface area contributed by atoms with E-state index in [1.54, 1.807) is 17.0 Å². The van der Waals surface area contributed by atoms with Gasteiger partial charge in [0.15, 0.2) is 23.2 Å². The number of methoxy groups -OCH3 is 2. The van der Waals surface area contributed by atoms with Crippen LogP contribution in [-0.2, 0) is 23.8 Å². The molecular weight excluding hydrogens is 498 g/mol. The number of rotatable bonds is 8. The zero-order valence-electron chi connectivity index (χ0n) is 21.9. The van der Waals surface area contributed by atoms with Crippen molar-refractivity contribution in [1.29, 1.82) is 0 Å². The second-order valence-electron chi connectivity index (χ2n) is 11.0. The Labute approximate surface area is 220 Å². The molecule has 5 rings (SSSR count). The van der Waals surface area contributed by atoms with Gasteiger partial charge in [-0.2, -0.15) is 0 Å². The molecule has 1 aromatic carbocycles. The molecule has 206 valence electrons. The van der Waals surface area contributed by atoms with Crippen LogP contribution in [0.3, 0.4) is 0 Å². The molecule has 3 heterocycles. The van der Waals surface area contributed by atoms with E-state index in [2.05, 4.69) is 0 Å². The Balaban J connectivity index is 1.54. The fraction of sp³-hybridized carbons (Fsp3) is 0.593. The molecule has 3 aliphatic heterocycles. The molecule has 0 bridgehead atoms. The Morgan fingerprint density at radius 1 is 1.16 bits per heavy atom. The van der Waals surface area contributed by atoms with E-state index in [1.807, 2.05) is 6.08 Å². The average molecular weight is 532 g/mol. The molecule has 0 unspecified atom stereocenters. The van der Waals surface area contributed by atoms with Gasteiger partial charge in [-0.15, -0.1) is 0 Å². The third kappa shape index (κ3) is 4.17. The Kier molecular flexibility index (Phi) is 6.34. The minimum absolute atomic E-state index is 0.0230. The zero-order valence-corrected chi connectivity index (χ0v) is 21.9. The summed E-state index contributed by atoms with van der Waals surface area (Å²) >= 11 is 0. The third-order valence-corrected chi connectivity index (χ3v) is 8.00. The summed E-state index contributed by atoms with van der Waals surface area (Å²) in [6.07, 6.45) is 1.36. The molecule has 38 heavy (non-hydrogen) atoms. The van der Waals surface area contributed by atoms with Crippen LogP contribution in [0.5, 0.6) is 11.5 Å². The normalized spacial score (nSPS) is 26.6. The molecule has 2 N–H and O–H groups in total. The van der Waals surface area contributed by atoms with Gasteiger partial charge in [-0.1, -0.05) is 0 Å².